The molecule has 1 aliphatic carbocycles. The third kappa shape index (κ3) is 8.08. The summed E-state index contributed by atoms with van der Waals surface area (Å²) < 4.78 is 5.61. The highest BCUT2D eigenvalue weighted by atomic mass is 16.5. The van der Waals surface area contributed by atoms with E-state index in [1.165, 1.54) is 5.57 Å². The number of allylic oxidation sites excluding steroid dienone is 4. The van der Waals surface area contributed by atoms with Crippen molar-refractivity contribution >= 4 is 0 Å². The molecule has 5 nitrogen and oxygen atoms in total. The molecule has 1 aliphatic heterocycles. The van der Waals surface area contributed by atoms with Crippen LogP contribution in [0.2, 0.25) is 0 Å². The lowest BCUT2D eigenvalue weighted by molar-refractivity contribution is 0.0696. The quantitative estimate of drug-likeness (QED) is 0.582. The Hall–Kier alpha value is -1.48. The first-order valence-electron chi connectivity index (χ1n) is 8.08. The standard InChI is InChI=1S/C14H18N2O2.C4H10O/c15-10-13(16-17)14-12(8-9-18-14)7-6-11-4-2-1-3-5-11;1-4(2,3)5/h2,4-5,12-14H,6-10,15H2;5H,1-3H3. The van der Waals surface area contributed by atoms with Crippen LogP contribution in [0.4, 0.5) is 0 Å². The van der Waals surface area contributed by atoms with Crippen LogP contribution in [0.25, 0.3) is 0 Å². The Labute approximate surface area is 138 Å². The lowest BCUT2D eigenvalue weighted by Crippen LogP contribution is -2.35. The van der Waals surface area contributed by atoms with Crippen LogP contribution in [-0.2, 0) is 4.74 Å². The summed E-state index contributed by atoms with van der Waals surface area (Å²) in [6, 6.07) is -0.409. The number of hydrogen-bond acceptors (Lipinski definition) is 5. The van der Waals surface area contributed by atoms with E-state index in [0.717, 1.165) is 19.3 Å². The first-order chi connectivity index (χ1) is 10.8. The van der Waals surface area contributed by atoms with E-state index in [1.807, 2.05) is 18.2 Å². The third-order valence-electron chi connectivity index (χ3n) is 3.55. The minimum absolute atomic E-state index is 0.105. The van der Waals surface area contributed by atoms with Crippen molar-refractivity contribution in [2.24, 2.45) is 16.8 Å². The molecule has 128 valence electrons. The number of nitroso groups, excluding NO2 is 1. The van der Waals surface area contributed by atoms with Crippen molar-refractivity contribution in [3.8, 4) is 0 Å². The summed E-state index contributed by atoms with van der Waals surface area (Å²) in [6.07, 6.45) is 8.70. The van der Waals surface area contributed by atoms with Gasteiger partial charge in [-0.1, -0.05) is 22.7 Å². The third-order valence-corrected chi connectivity index (χ3v) is 3.55. The van der Waals surface area contributed by atoms with E-state index in [2.05, 4.69) is 16.6 Å². The minimum Gasteiger partial charge on any atom is -0.391 e. The summed E-state index contributed by atoms with van der Waals surface area (Å²) in [5.41, 5.74) is 12.1. The van der Waals surface area contributed by atoms with Crippen molar-refractivity contribution in [2.45, 2.75) is 57.8 Å². The Kier molecular flexibility index (Phi) is 8.18. The summed E-state index contributed by atoms with van der Waals surface area (Å²) >= 11 is 0. The molecule has 5 heteroatoms. The maximum Gasteiger partial charge on any atom is 0.130 e. The van der Waals surface area contributed by atoms with Gasteiger partial charge in [0.25, 0.3) is 0 Å². The molecule has 3 N–H and O–H groups in total. The zero-order valence-electron chi connectivity index (χ0n) is 14.3. The molecule has 0 aromatic carbocycles. The van der Waals surface area contributed by atoms with Gasteiger partial charge in [0.05, 0.1) is 11.7 Å². The molecular formula is C18H28N2O3. The van der Waals surface area contributed by atoms with Crippen LogP contribution in [0, 0.1) is 10.8 Å². The van der Waals surface area contributed by atoms with Crippen LogP contribution in [0.3, 0.4) is 0 Å². The SMILES string of the molecule is CC(C)(C)O.NCC(N=O)C1OCCC1CCC1=CC=C=C=C1. The van der Waals surface area contributed by atoms with Crippen LogP contribution in [-0.4, -0.2) is 36.0 Å². The highest BCUT2D eigenvalue weighted by molar-refractivity contribution is 5.26. The van der Waals surface area contributed by atoms with Crippen LogP contribution in [0.1, 0.15) is 40.0 Å². The van der Waals surface area contributed by atoms with E-state index in [9.17, 15) is 4.91 Å². The monoisotopic (exact) mass is 320 g/mol. The van der Waals surface area contributed by atoms with E-state index in [4.69, 9.17) is 15.6 Å². The maximum atomic E-state index is 10.7. The van der Waals surface area contributed by atoms with E-state index in [-0.39, 0.29) is 12.6 Å². The Morgan fingerprint density at radius 3 is 2.70 bits per heavy atom. The molecule has 2 aliphatic rings. The molecule has 0 radical (unpaired) electrons. The molecule has 0 aromatic heterocycles. The van der Waals surface area contributed by atoms with Crippen molar-refractivity contribution in [3.05, 3.63) is 40.2 Å². The fourth-order valence-corrected chi connectivity index (χ4v) is 2.51. The van der Waals surface area contributed by atoms with Crippen molar-refractivity contribution in [1.82, 2.24) is 0 Å². The predicted octanol–water partition coefficient (Wildman–Crippen LogP) is 2.85. The van der Waals surface area contributed by atoms with Crippen molar-refractivity contribution in [3.63, 3.8) is 0 Å². The first-order valence-corrected chi connectivity index (χ1v) is 8.08. The van der Waals surface area contributed by atoms with Gasteiger partial charge in [-0.3, -0.25) is 0 Å². The number of ether oxygens (including phenoxy) is 1. The fourth-order valence-electron chi connectivity index (χ4n) is 2.51. The second kappa shape index (κ2) is 9.61. The highest BCUT2D eigenvalue weighted by Gasteiger charge is 2.34. The molecular weight excluding hydrogens is 292 g/mol. The van der Waals surface area contributed by atoms with Gasteiger partial charge in [0.15, 0.2) is 0 Å². The normalized spacial score (nSPS) is 24.0. The largest absolute Gasteiger partial charge is 0.391 e. The van der Waals surface area contributed by atoms with Crippen LogP contribution in [0.15, 0.2) is 40.4 Å². The average Bonchev–Trinajstić information content (AvgIpc) is 2.94. The van der Waals surface area contributed by atoms with Gasteiger partial charge in [0.1, 0.15) is 6.04 Å². The molecule has 0 bridgehead atoms. The summed E-state index contributed by atoms with van der Waals surface area (Å²) in [7, 11) is 0. The van der Waals surface area contributed by atoms with Gasteiger partial charge in [-0.25, -0.2) is 0 Å². The molecule has 1 heterocycles. The Morgan fingerprint density at radius 2 is 2.17 bits per heavy atom. The van der Waals surface area contributed by atoms with Gasteiger partial charge < -0.3 is 15.6 Å². The number of nitrogens with two attached hydrogens (primary N) is 1. The molecule has 0 aromatic rings. The molecule has 2 rings (SSSR count). The zero-order chi connectivity index (χ0) is 17.3. The number of hydrogen-bond donors (Lipinski definition) is 2. The smallest absolute Gasteiger partial charge is 0.130 e. The molecule has 23 heavy (non-hydrogen) atoms. The van der Waals surface area contributed by atoms with Gasteiger partial charge in [-0.05, 0) is 63.7 Å². The summed E-state index contributed by atoms with van der Waals surface area (Å²) in [6.45, 7) is 6.20. The van der Waals surface area contributed by atoms with E-state index in [0.29, 0.717) is 12.5 Å². The maximum absolute atomic E-state index is 10.7. The highest BCUT2D eigenvalue weighted by Crippen LogP contribution is 2.30. The number of aliphatic hydroxyl groups is 1. The molecule has 0 saturated carbocycles. The molecule has 1 fully saturated rings. The van der Waals surface area contributed by atoms with E-state index >= 15 is 0 Å². The lowest BCUT2D eigenvalue weighted by Gasteiger charge is -2.21. The molecule has 1 saturated heterocycles. The predicted molar refractivity (Wildman–Crippen MR) is 91.9 cm³/mol. The fraction of sp³-hybridized carbons (Fsp3) is 0.667. The van der Waals surface area contributed by atoms with E-state index in [1.54, 1.807) is 20.8 Å². The zero-order valence-corrected chi connectivity index (χ0v) is 14.3. The minimum atomic E-state index is -0.500. The van der Waals surface area contributed by atoms with Crippen molar-refractivity contribution in [1.29, 1.82) is 0 Å². The first kappa shape index (κ1) is 19.6. The summed E-state index contributed by atoms with van der Waals surface area (Å²) in [5, 5.41) is 11.6. The van der Waals surface area contributed by atoms with Crippen LogP contribution >= 0.6 is 0 Å². The van der Waals surface area contributed by atoms with Gasteiger partial charge in [0.2, 0.25) is 0 Å². The Balaban J connectivity index is 0.000000463. The second-order valence-electron chi connectivity index (χ2n) is 6.84. The van der Waals surface area contributed by atoms with Crippen LogP contribution in [0.5, 0.6) is 0 Å². The average molecular weight is 320 g/mol. The molecule has 3 atom stereocenters. The lowest BCUT2D eigenvalue weighted by atomic mass is 9.89. The molecule has 0 spiro atoms. The van der Waals surface area contributed by atoms with Gasteiger partial charge in [0, 0.05) is 13.2 Å². The summed E-state index contributed by atoms with van der Waals surface area (Å²) in [4.78, 5) is 10.7. The molecule has 0 amide bonds. The van der Waals surface area contributed by atoms with Crippen molar-refractivity contribution < 1.29 is 9.84 Å². The molecule has 3 unspecified atom stereocenters. The number of nitrogens with zero attached hydrogens (tertiary/aromatic N) is 1. The van der Waals surface area contributed by atoms with Gasteiger partial charge in [-0.15, -0.1) is 0 Å². The van der Waals surface area contributed by atoms with Gasteiger partial charge >= 0.3 is 0 Å². The topological polar surface area (TPSA) is 84.9 Å². The van der Waals surface area contributed by atoms with Crippen LogP contribution < -0.4 is 5.73 Å². The van der Waals surface area contributed by atoms with E-state index < -0.39 is 11.6 Å². The Morgan fingerprint density at radius 1 is 1.48 bits per heavy atom. The summed E-state index contributed by atoms with van der Waals surface area (Å²) in [5.74, 6) is 0.375. The second-order valence-corrected chi connectivity index (χ2v) is 6.84. The Bertz CT molecular complexity index is 501. The van der Waals surface area contributed by atoms with Gasteiger partial charge in [-0.2, -0.15) is 4.91 Å². The van der Waals surface area contributed by atoms with Crippen molar-refractivity contribution in [2.75, 3.05) is 13.2 Å². The number of rotatable bonds is 6.